The molecule has 0 radical (unpaired) electrons. The average molecular weight is 301 g/mol. The van der Waals surface area contributed by atoms with Gasteiger partial charge in [0.15, 0.2) is 0 Å². The summed E-state index contributed by atoms with van der Waals surface area (Å²) >= 11 is 0. The highest BCUT2D eigenvalue weighted by molar-refractivity contribution is 5.91. The smallest absolute Gasteiger partial charge is 0.244 e. The lowest BCUT2D eigenvalue weighted by molar-refractivity contribution is -0.116. The van der Waals surface area contributed by atoms with Gasteiger partial charge in [0.25, 0.3) is 0 Å². The lowest BCUT2D eigenvalue weighted by atomic mass is 9.98. The third kappa shape index (κ3) is 6.44. The van der Waals surface area contributed by atoms with Crippen molar-refractivity contribution in [1.82, 2.24) is 5.32 Å². The zero-order chi connectivity index (χ0) is 15.6. The zero-order valence-corrected chi connectivity index (χ0v) is 13.5. The van der Waals surface area contributed by atoms with Crippen LogP contribution in [0.5, 0.6) is 0 Å². The molecule has 1 N–H and O–H groups in total. The third-order valence-corrected chi connectivity index (χ3v) is 4.03. The number of ether oxygens (including phenoxy) is 1. The fourth-order valence-electron chi connectivity index (χ4n) is 2.67. The topological polar surface area (TPSA) is 38.3 Å². The van der Waals surface area contributed by atoms with E-state index in [1.807, 2.05) is 30.3 Å². The summed E-state index contributed by atoms with van der Waals surface area (Å²) in [7, 11) is 0. The molecule has 0 aliphatic heterocycles. The molecule has 0 atom stereocenters. The maximum atomic E-state index is 11.7. The first-order valence-corrected chi connectivity index (χ1v) is 8.38. The van der Waals surface area contributed by atoms with E-state index in [0.717, 1.165) is 18.6 Å². The number of benzene rings is 1. The van der Waals surface area contributed by atoms with Crippen molar-refractivity contribution in [3.05, 3.63) is 41.5 Å². The molecule has 120 valence electrons. The molecule has 0 spiro atoms. The van der Waals surface area contributed by atoms with Crippen LogP contribution in [0.25, 0.3) is 6.08 Å². The van der Waals surface area contributed by atoms with Crippen molar-refractivity contribution in [3.63, 3.8) is 0 Å². The van der Waals surface area contributed by atoms with Gasteiger partial charge in [0.1, 0.15) is 0 Å². The molecule has 3 heteroatoms. The van der Waals surface area contributed by atoms with Gasteiger partial charge >= 0.3 is 0 Å². The minimum Gasteiger partial charge on any atom is -0.378 e. The zero-order valence-electron chi connectivity index (χ0n) is 13.5. The van der Waals surface area contributed by atoms with Gasteiger partial charge in [-0.3, -0.25) is 4.79 Å². The van der Waals surface area contributed by atoms with Crippen LogP contribution < -0.4 is 5.32 Å². The molecule has 0 unspecified atom stereocenters. The number of amides is 1. The average Bonchev–Trinajstić information content (AvgIpc) is 2.55. The Morgan fingerprint density at radius 3 is 2.68 bits per heavy atom. The van der Waals surface area contributed by atoms with E-state index in [-0.39, 0.29) is 5.91 Å². The maximum Gasteiger partial charge on any atom is 0.244 e. The van der Waals surface area contributed by atoms with E-state index in [0.29, 0.717) is 12.6 Å². The molecule has 1 amide bonds. The number of hydrogen-bond donors (Lipinski definition) is 1. The van der Waals surface area contributed by atoms with Crippen molar-refractivity contribution in [1.29, 1.82) is 0 Å². The van der Waals surface area contributed by atoms with Gasteiger partial charge in [-0.05, 0) is 37.8 Å². The Labute approximate surface area is 133 Å². The Morgan fingerprint density at radius 1 is 1.23 bits per heavy atom. The van der Waals surface area contributed by atoms with E-state index in [1.54, 1.807) is 6.08 Å². The van der Waals surface area contributed by atoms with E-state index < -0.39 is 0 Å². The summed E-state index contributed by atoms with van der Waals surface area (Å²) in [6, 6.07) is 8.11. The van der Waals surface area contributed by atoms with Crippen LogP contribution in [-0.4, -0.2) is 25.2 Å². The molecular formula is C19H27NO2. The molecule has 1 fully saturated rings. The first-order valence-electron chi connectivity index (χ1n) is 8.38. The SMILES string of the molecule is Cc1ccc(/C=C/C(=O)NCCCOC2CCCCC2)cc1. The lowest BCUT2D eigenvalue weighted by Gasteiger charge is -2.21. The summed E-state index contributed by atoms with van der Waals surface area (Å²) in [5, 5.41) is 2.90. The first-order chi connectivity index (χ1) is 10.7. The van der Waals surface area contributed by atoms with E-state index in [4.69, 9.17) is 4.74 Å². The lowest BCUT2D eigenvalue weighted by Crippen LogP contribution is -2.24. The van der Waals surface area contributed by atoms with Gasteiger partial charge < -0.3 is 10.1 Å². The number of aryl methyl sites for hydroxylation is 1. The molecule has 1 saturated carbocycles. The molecule has 0 saturated heterocycles. The van der Waals surface area contributed by atoms with Gasteiger partial charge in [-0.1, -0.05) is 49.1 Å². The molecule has 2 rings (SSSR count). The van der Waals surface area contributed by atoms with Crippen molar-refractivity contribution in [2.45, 2.75) is 51.6 Å². The fourth-order valence-corrected chi connectivity index (χ4v) is 2.67. The van der Waals surface area contributed by atoms with Gasteiger partial charge in [-0.15, -0.1) is 0 Å². The van der Waals surface area contributed by atoms with E-state index >= 15 is 0 Å². The summed E-state index contributed by atoms with van der Waals surface area (Å²) in [5.41, 5.74) is 2.26. The summed E-state index contributed by atoms with van der Waals surface area (Å²) in [6.07, 6.45) is 11.1. The minimum absolute atomic E-state index is 0.0433. The molecule has 0 aromatic heterocycles. The second-order valence-corrected chi connectivity index (χ2v) is 6.02. The van der Waals surface area contributed by atoms with Crippen molar-refractivity contribution < 1.29 is 9.53 Å². The number of rotatable bonds is 7. The summed E-state index contributed by atoms with van der Waals surface area (Å²) in [6.45, 7) is 3.46. The molecule has 1 aliphatic rings. The second kappa shape index (κ2) is 9.42. The predicted octanol–water partition coefficient (Wildman–Crippen LogP) is 3.86. The standard InChI is InChI=1S/C19H27NO2/c1-16-8-10-17(11-9-16)12-13-19(21)20-14-5-15-22-18-6-3-2-4-7-18/h8-13,18H,2-7,14-15H2,1H3,(H,20,21)/b13-12+. The number of carbonyl (C=O) groups is 1. The largest absolute Gasteiger partial charge is 0.378 e. The third-order valence-electron chi connectivity index (χ3n) is 4.03. The van der Waals surface area contributed by atoms with Crippen LogP contribution >= 0.6 is 0 Å². The molecule has 3 nitrogen and oxygen atoms in total. The Bertz CT molecular complexity index is 473. The minimum atomic E-state index is -0.0433. The normalized spacial score (nSPS) is 16.0. The van der Waals surface area contributed by atoms with Crippen LogP contribution in [0.1, 0.15) is 49.7 Å². The number of hydrogen-bond acceptors (Lipinski definition) is 2. The summed E-state index contributed by atoms with van der Waals surface area (Å²) in [5.74, 6) is -0.0433. The summed E-state index contributed by atoms with van der Waals surface area (Å²) in [4.78, 5) is 11.7. The Hall–Kier alpha value is -1.61. The highest BCUT2D eigenvalue weighted by Crippen LogP contribution is 2.20. The molecule has 1 aromatic rings. The van der Waals surface area contributed by atoms with Gasteiger partial charge in [-0.25, -0.2) is 0 Å². The second-order valence-electron chi connectivity index (χ2n) is 6.02. The van der Waals surface area contributed by atoms with Crippen molar-refractivity contribution in [3.8, 4) is 0 Å². The maximum absolute atomic E-state index is 11.7. The van der Waals surface area contributed by atoms with Crippen LogP contribution in [0, 0.1) is 6.92 Å². The van der Waals surface area contributed by atoms with Crippen LogP contribution in [0.4, 0.5) is 0 Å². The quantitative estimate of drug-likeness (QED) is 0.613. The monoisotopic (exact) mass is 301 g/mol. The highest BCUT2D eigenvalue weighted by atomic mass is 16.5. The van der Waals surface area contributed by atoms with Gasteiger partial charge in [0.05, 0.1) is 6.10 Å². The first kappa shape index (κ1) is 16.8. The molecule has 22 heavy (non-hydrogen) atoms. The van der Waals surface area contributed by atoms with Crippen molar-refractivity contribution >= 4 is 12.0 Å². The van der Waals surface area contributed by atoms with Crippen molar-refractivity contribution in [2.24, 2.45) is 0 Å². The molecule has 1 aliphatic carbocycles. The van der Waals surface area contributed by atoms with Gasteiger partial charge in [-0.2, -0.15) is 0 Å². The van der Waals surface area contributed by atoms with Crippen LogP contribution in [0.15, 0.2) is 30.3 Å². The van der Waals surface area contributed by atoms with Gasteiger partial charge in [0.2, 0.25) is 5.91 Å². The Morgan fingerprint density at radius 2 is 1.95 bits per heavy atom. The fraction of sp³-hybridized carbons (Fsp3) is 0.526. The van der Waals surface area contributed by atoms with Crippen LogP contribution in [0.2, 0.25) is 0 Å². The highest BCUT2D eigenvalue weighted by Gasteiger charge is 2.12. The molecule has 0 heterocycles. The summed E-state index contributed by atoms with van der Waals surface area (Å²) < 4.78 is 5.84. The Kier molecular flexibility index (Phi) is 7.17. The number of carbonyl (C=O) groups excluding carboxylic acids is 1. The van der Waals surface area contributed by atoms with Gasteiger partial charge in [0, 0.05) is 19.2 Å². The van der Waals surface area contributed by atoms with Crippen LogP contribution in [0.3, 0.4) is 0 Å². The molecular weight excluding hydrogens is 274 g/mol. The van der Waals surface area contributed by atoms with Crippen molar-refractivity contribution in [2.75, 3.05) is 13.2 Å². The Balaban J connectivity index is 1.56. The molecule has 0 bridgehead atoms. The predicted molar refractivity (Wildman–Crippen MR) is 90.7 cm³/mol. The van der Waals surface area contributed by atoms with E-state index in [1.165, 1.54) is 37.7 Å². The number of nitrogens with one attached hydrogen (secondary N) is 1. The molecule has 1 aromatic carbocycles. The van der Waals surface area contributed by atoms with E-state index in [2.05, 4.69) is 12.2 Å². The van der Waals surface area contributed by atoms with E-state index in [9.17, 15) is 4.79 Å². The van der Waals surface area contributed by atoms with Crippen LogP contribution in [-0.2, 0) is 9.53 Å².